The maximum Gasteiger partial charge on any atom is 0.436 e. The van der Waals surface area contributed by atoms with Crippen LogP contribution in [0.4, 0.5) is 32.0 Å². The second-order valence-electron chi connectivity index (χ2n) is 2.59. The molecule has 15 heavy (non-hydrogen) atoms. The van der Waals surface area contributed by atoms with Crippen molar-refractivity contribution in [3.63, 3.8) is 0 Å². The molecule has 2 N–H and O–H groups in total. The van der Waals surface area contributed by atoms with Crippen LogP contribution in [0.15, 0.2) is 6.07 Å². The lowest BCUT2D eigenvalue weighted by molar-refractivity contribution is -0.143. The fourth-order valence-corrected chi connectivity index (χ4v) is 0.891. The minimum absolute atomic E-state index is 0.178. The molecule has 0 atom stereocenters. The summed E-state index contributed by atoms with van der Waals surface area (Å²) >= 11 is 0. The smallest absolute Gasteiger partial charge is 0.397 e. The highest BCUT2D eigenvalue weighted by Crippen LogP contribution is 2.33. The Kier molecular flexibility index (Phi) is 2.78. The van der Waals surface area contributed by atoms with Crippen LogP contribution in [0.3, 0.4) is 0 Å². The number of alkyl halides is 5. The number of nitrogen functional groups attached to an aromatic ring is 1. The van der Waals surface area contributed by atoms with E-state index in [9.17, 15) is 26.3 Å². The molecule has 0 unspecified atom stereocenters. The van der Waals surface area contributed by atoms with E-state index >= 15 is 0 Å². The third-order valence-corrected chi connectivity index (χ3v) is 1.51. The van der Waals surface area contributed by atoms with Gasteiger partial charge >= 0.3 is 6.18 Å². The lowest BCUT2D eigenvalue weighted by atomic mass is 10.2. The van der Waals surface area contributed by atoms with Gasteiger partial charge in [-0.15, -0.1) is 0 Å². The number of hydrogen-bond donors (Lipinski definition) is 1. The van der Waals surface area contributed by atoms with Crippen molar-refractivity contribution in [3.05, 3.63) is 23.3 Å². The SMILES string of the molecule is Nc1cc(F)c(C(F)(F)F)nc1C(F)F. The lowest BCUT2D eigenvalue weighted by Gasteiger charge is -2.10. The van der Waals surface area contributed by atoms with Gasteiger partial charge in [0.2, 0.25) is 0 Å². The van der Waals surface area contributed by atoms with Gasteiger partial charge in [0.05, 0.1) is 5.69 Å². The first-order chi connectivity index (χ1) is 6.73. The summed E-state index contributed by atoms with van der Waals surface area (Å²) in [5.74, 6) is -1.77. The van der Waals surface area contributed by atoms with E-state index in [1.807, 2.05) is 0 Å². The molecule has 8 heteroatoms. The summed E-state index contributed by atoms with van der Waals surface area (Å²) in [7, 11) is 0. The van der Waals surface area contributed by atoms with Crippen LogP contribution in [-0.4, -0.2) is 4.98 Å². The topological polar surface area (TPSA) is 38.9 Å². The van der Waals surface area contributed by atoms with E-state index in [0.717, 1.165) is 0 Å². The van der Waals surface area contributed by atoms with Crippen molar-refractivity contribution in [2.45, 2.75) is 12.6 Å². The molecule has 1 aromatic rings. The minimum atomic E-state index is -5.12. The van der Waals surface area contributed by atoms with Gasteiger partial charge in [-0.05, 0) is 0 Å². The van der Waals surface area contributed by atoms with E-state index in [1.165, 1.54) is 0 Å². The zero-order valence-electron chi connectivity index (χ0n) is 6.95. The minimum Gasteiger partial charge on any atom is -0.397 e. The summed E-state index contributed by atoms with van der Waals surface area (Å²) in [6, 6.07) is 0.178. The van der Waals surface area contributed by atoms with Crippen molar-refractivity contribution < 1.29 is 26.3 Å². The largest absolute Gasteiger partial charge is 0.436 e. The highest BCUT2D eigenvalue weighted by molar-refractivity contribution is 5.45. The van der Waals surface area contributed by atoms with E-state index in [1.54, 1.807) is 0 Å². The molecule has 0 aromatic carbocycles. The molecule has 2 nitrogen and oxygen atoms in total. The first kappa shape index (κ1) is 11.6. The van der Waals surface area contributed by atoms with Crippen molar-refractivity contribution in [3.8, 4) is 0 Å². The molecular formula is C7H4F6N2. The molecule has 0 radical (unpaired) electrons. The molecule has 0 fully saturated rings. The third kappa shape index (κ3) is 2.31. The van der Waals surface area contributed by atoms with Crippen LogP contribution in [0.1, 0.15) is 17.8 Å². The van der Waals surface area contributed by atoms with Gasteiger partial charge in [0.25, 0.3) is 6.43 Å². The predicted octanol–water partition coefficient (Wildman–Crippen LogP) is 2.76. The lowest BCUT2D eigenvalue weighted by Crippen LogP contribution is -2.14. The van der Waals surface area contributed by atoms with E-state index < -0.39 is 35.5 Å². The summed E-state index contributed by atoms with van der Waals surface area (Å²) in [4.78, 5) is 2.47. The average molecular weight is 230 g/mol. The monoisotopic (exact) mass is 230 g/mol. The number of nitrogens with two attached hydrogens (primary N) is 1. The molecule has 0 amide bonds. The second kappa shape index (κ2) is 3.59. The summed E-state index contributed by atoms with van der Waals surface area (Å²) < 4.78 is 73.0. The standard InChI is InChI=1S/C7H4F6N2/c8-2-1-3(14)4(6(9)10)15-5(2)7(11,12)13/h1,6H,14H2. The van der Waals surface area contributed by atoms with Crippen LogP contribution in [0, 0.1) is 5.82 Å². The van der Waals surface area contributed by atoms with E-state index in [-0.39, 0.29) is 6.07 Å². The van der Waals surface area contributed by atoms with Crippen LogP contribution in [-0.2, 0) is 6.18 Å². The Balaban J connectivity index is 3.37. The fraction of sp³-hybridized carbons (Fsp3) is 0.286. The molecular weight excluding hydrogens is 226 g/mol. The van der Waals surface area contributed by atoms with Gasteiger partial charge in [0.1, 0.15) is 5.69 Å². The Morgan fingerprint density at radius 1 is 1.27 bits per heavy atom. The van der Waals surface area contributed by atoms with Gasteiger partial charge < -0.3 is 5.73 Å². The van der Waals surface area contributed by atoms with Gasteiger partial charge in [-0.2, -0.15) is 13.2 Å². The number of halogens is 6. The van der Waals surface area contributed by atoms with E-state index in [4.69, 9.17) is 5.73 Å². The molecule has 0 bridgehead atoms. The number of nitrogens with zero attached hydrogens (tertiary/aromatic N) is 1. The Morgan fingerprint density at radius 2 is 1.80 bits per heavy atom. The molecule has 1 aromatic heterocycles. The van der Waals surface area contributed by atoms with Crippen LogP contribution >= 0.6 is 0 Å². The van der Waals surface area contributed by atoms with Gasteiger partial charge in [-0.3, -0.25) is 0 Å². The summed E-state index contributed by atoms with van der Waals surface area (Å²) in [6.07, 6.45) is -8.41. The third-order valence-electron chi connectivity index (χ3n) is 1.51. The zero-order valence-corrected chi connectivity index (χ0v) is 6.95. The average Bonchev–Trinajstić information content (AvgIpc) is 2.00. The van der Waals surface area contributed by atoms with Crippen molar-refractivity contribution >= 4 is 5.69 Å². The maximum atomic E-state index is 12.7. The second-order valence-corrected chi connectivity index (χ2v) is 2.59. The first-order valence-electron chi connectivity index (χ1n) is 3.54. The normalized spacial score (nSPS) is 12.2. The van der Waals surface area contributed by atoms with Crippen molar-refractivity contribution in [1.82, 2.24) is 4.98 Å². The Labute approximate surface area is 79.7 Å². The van der Waals surface area contributed by atoms with Crippen molar-refractivity contribution in [2.75, 3.05) is 5.73 Å². The molecule has 0 aliphatic heterocycles. The van der Waals surface area contributed by atoms with Crippen molar-refractivity contribution in [1.29, 1.82) is 0 Å². The Morgan fingerprint density at radius 3 is 2.20 bits per heavy atom. The number of anilines is 1. The zero-order chi connectivity index (χ0) is 11.8. The highest BCUT2D eigenvalue weighted by atomic mass is 19.4. The highest BCUT2D eigenvalue weighted by Gasteiger charge is 2.37. The van der Waals surface area contributed by atoms with E-state index in [0.29, 0.717) is 0 Å². The maximum absolute atomic E-state index is 12.7. The van der Waals surface area contributed by atoms with Crippen LogP contribution in [0.5, 0.6) is 0 Å². The summed E-state index contributed by atoms with van der Waals surface area (Å²) in [5.41, 5.74) is 0.807. The molecule has 1 rings (SSSR count). The number of pyridine rings is 1. The van der Waals surface area contributed by atoms with Gasteiger partial charge in [-0.25, -0.2) is 18.2 Å². The molecule has 0 spiro atoms. The molecule has 1 heterocycles. The predicted molar refractivity (Wildman–Crippen MR) is 38.6 cm³/mol. The Hall–Kier alpha value is -1.47. The molecule has 0 saturated heterocycles. The molecule has 0 aliphatic carbocycles. The van der Waals surface area contributed by atoms with Crippen molar-refractivity contribution in [2.24, 2.45) is 0 Å². The number of aromatic nitrogens is 1. The number of rotatable bonds is 1. The fourth-order valence-electron chi connectivity index (χ4n) is 0.891. The van der Waals surface area contributed by atoms with Crippen LogP contribution in [0.2, 0.25) is 0 Å². The van der Waals surface area contributed by atoms with Gasteiger partial charge in [0, 0.05) is 6.07 Å². The molecule has 0 saturated carbocycles. The summed E-state index contributed by atoms with van der Waals surface area (Å²) in [5, 5.41) is 0. The number of hydrogen-bond acceptors (Lipinski definition) is 2. The van der Waals surface area contributed by atoms with Crippen LogP contribution in [0.25, 0.3) is 0 Å². The van der Waals surface area contributed by atoms with Gasteiger partial charge in [0.15, 0.2) is 11.5 Å². The quantitative estimate of drug-likeness (QED) is 0.753. The molecule has 0 aliphatic rings. The first-order valence-corrected chi connectivity index (χ1v) is 3.54. The van der Waals surface area contributed by atoms with Gasteiger partial charge in [-0.1, -0.05) is 0 Å². The Bertz CT molecular complexity index is 372. The van der Waals surface area contributed by atoms with E-state index in [2.05, 4.69) is 4.98 Å². The van der Waals surface area contributed by atoms with Crippen LogP contribution < -0.4 is 5.73 Å². The summed E-state index contributed by atoms with van der Waals surface area (Å²) in [6.45, 7) is 0. The molecule has 84 valence electrons.